The maximum absolute atomic E-state index is 12.0. The Morgan fingerprint density at radius 1 is 1.14 bits per heavy atom. The summed E-state index contributed by atoms with van der Waals surface area (Å²) in [5, 5.41) is 2.81. The van der Waals surface area contributed by atoms with E-state index in [1.807, 2.05) is 36.4 Å². The van der Waals surface area contributed by atoms with Gasteiger partial charge in [-0.1, -0.05) is 18.2 Å². The third kappa shape index (κ3) is 5.30. The Hall–Kier alpha value is -1.70. The van der Waals surface area contributed by atoms with Crippen molar-refractivity contribution in [3.63, 3.8) is 0 Å². The van der Waals surface area contributed by atoms with Crippen LogP contribution in [0.3, 0.4) is 0 Å². The minimum absolute atomic E-state index is 0.159. The molecule has 21 heavy (non-hydrogen) atoms. The summed E-state index contributed by atoms with van der Waals surface area (Å²) in [6, 6.07) is 12.8. The molecular formula is C14H16N2O3S2. The van der Waals surface area contributed by atoms with Crippen molar-refractivity contribution in [2.24, 2.45) is 0 Å². The fourth-order valence-electron chi connectivity index (χ4n) is 1.71. The molecule has 0 saturated heterocycles. The minimum Gasteiger partial charge on any atom is -0.321 e. The van der Waals surface area contributed by atoms with Crippen molar-refractivity contribution in [3.8, 4) is 0 Å². The smallest absolute Gasteiger partial charge is 0.265 e. The first-order chi connectivity index (χ1) is 9.94. The molecule has 2 aromatic rings. The van der Waals surface area contributed by atoms with Crippen molar-refractivity contribution < 1.29 is 13.2 Å². The molecule has 1 heterocycles. The van der Waals surface area contributed by atoms with Crippen LogP contribution < -0.4 is 10.0 Å². The largest absolute Gasteiger partial charge is 0.321 e. The van der Waals surface area contributed by atoms with Gasteiger partial charge in [-0.3, -0.25) is 4.79 Å². The van der Waals surface area contributed by atoms with Gasteiger partial charge in [0.05, 0.1) is 11.1 Å². The van der Waals surface area contributed by atoms with Gasteiger partial charge in [-0.25, -0.2) is 13.1 Å². The van der Waals surface area contributed by atoms with Crippen LogP contribution in [0.15, 0.2) is 42.5 Å². The molecule has 5 nitrogen and oxygen atoms in total. The average Bonchev–Trinajstić information content (AvgIpc) is 2.87. The number of anilines is 1. The maximum Gasteiger partial charge on any atom is 0.265 e. The quantitative estimate of drug-likeness (QED) is 0.854. The van der Waals surface area contributed by atoms with Gasteiger partial charge in [0.15, 0.2) is 0 Å². The van der Waals surface area contributed by atoms with E-state index in [4.69, 9.17) is 0 Å². The number of sulfonamides is 1. The third-order valence-corrected chi connectivity index (χ3v) is 4.53. The molecule has 0 aliphatic carbocycles. The normalized spacial score (nSPS) is 11.3. The van der Waals surface area contributed by atoms with E-state index in [2.05, 4.69) is 10.0 Å². The lowest BCUT2D eigenvalue weighted by atomic mass is 10.3. The molecule has 1 aromatic carbocycles. The highest BCUT2D eigenvalue weighted by molar-refractivity contribution is 7.88. The summed E-state index contributed by atoms with van der Waals surface area (Å²) >= 11 is 1.36. The number of hydrogen-bond donors (Lipinski definition) is 2. The topological polar surface area (TPSA) is 75.3 Å². The zero-order valence-corrected chi connectivity index (χ0v) is 13.1. The number of hydrogen-bond acceptors (Lipinski definition) is 4. The van der Waals surface area contributed by atoms with Crippen molar-refractivity contribution in [2.75, 3.05) is 18.1 Å². The van der Waals surface area contributed by atoms with Gasteiger partial charge < -0.3 is 5.32 Å². The molecule has 0 unspecified atom stereocenters. The molecule has 0 atom stereocenters. The zero-order chi connectivity index (χ0) is 15.3. The summed E-state index contributed by atoms with van der Waals surface area (Å²) in [5.41, 5.74) is 0.746. The SMILES string of the molecule is CS(=O)(=O)NCCc1ccc(C(=O)Nc2ccccc2)s1. The predicted octanol–water partition coefficient (Wildman–Crippen LogP) is 2.09. The van der Waals surface area contributed by atoms with Crippen LogP contribution in [0.4, 0.5) is 5.69 Å². The van der Waals surface area contributed by atoms with Crippen LogP contribution in [0.5, 0.6) is 0 Å². The van der Waals surface area contributed by atoms with Crippen LogP contribution in [0.25, 0.3) is 0 Å². The van der Waals surface area contributed by atoms with Crippen molar-refractivity contribution in [3.05, 3.63) is 52.2 Å². The predicted molar refractivity (Wildman–Crippen MR) is 85.3 cm³/mol. The average molecular weight is 324 g/mol. The van der Waals surface area contributed by atoms with Crippen molar-refractivity contribution in [1.82, 2.24) is 4.72 Å². The van der Waals surface area contributed by atoms with Gasteiger partial charge in [0.1, 0.15) is 0 Å². The molecule has 0 fully saturated rings. The van der Waals surface area contributed by atoms with Crippen molar-refractivity contribution in [1.29, 1.82) is 0 Å². The number of nitrogens with one attached hydrogen (secondary N) is 2. The van der Waals surface area contributed by atoms with E-state index in [-0.39, 0.29) is 5.91 Å². The monoisotopic (exact) mass is 324 g/mol. The second-order valence-corrected chi connectivity index (χ2v) is 7.50. The Bertz CT molecular complexity index is 709. The molecule has 0 bridgehead atoms. The standard InChI is InChI=1S/C14H16N2O3S2/c1-21(18,19)15-10-9-12-7-8-13(20-12)14(17)16-11-5-3-2-4-6-11/h2-8,15H,9-10H2,1H3,(H,16,17). The van der Waals surface area contributed by atoms with Crippen molar-refractivity contribution in [2.45, 2.75) is 6.42 Å². The van der Waals surface area contributed by atoms with Gasteiger partial charge in [-0.15, -0.1) is 11.3 Å². The van der Waals surface area contributed by atoms with E-state index in [9.17, 15) is 13.2 Å². The van der Waals surface area contributed by atoms with Crippen LogP contribution in [-0.2, 0) is 16.4 Å². The highest BCUT2D eigenvalue weighted by atomic mass is 32.2. The fourth-order valence-corrected chi connectivity index (χ4v) is 3.08. The highest BCUT2D eigenvalue weighted by Crippen LogP contribution is 2.18. The summed E-state index contributed by atoms with van der Waals surface area (Å²) in [6.07, 6.45) is 1.69. The summed E-state index contributed by atoms with van der Waals surface area (Å²) in [6.45, 7) is 0.332. The van der Waals surface area contributed by atoms with E-state index < -0.39 is 10.0 Å². The number of benzene rings is 1. The van der Waals surface area contributed by atoms with Crippen LogP contribution in [0.2, 0.25) is 0 Å². The maximum atomic E-state index is 12.0. The molecule has 112 valence electrons. The number of thiophene rings is 1. The molecule has 2 N–H and O–H groups in total. The van der Waals surface area contributed by atoms with Crippen LogP contribution >= 0.6 is 11.3 Å². The number of amides is 1. The molecule has 0 aliphatic rings. The Morgan fingerprint density at radius 3 is 2.52 bits per heavy atom. The number of carbonyl (C=O) groups excluding carboxylic acids is 1. The molecule has 1 aromatic heterocycles. The highest BCUT2D eigenvalue weighted by Gasteiger charge is 2.10. The van der Waals surface area contributed by atoms with Gasteiger partial charge in [0, 0.05) is 17.1 Å². The van der Waals surface area contributed by atoms with Crippen LogP contribution in [0.1, 0.15) is 14.5 Å². The number of para-hydroxylation sites is 1. The third-order valence-electron chi connectivity index (χ3n) is 2.65. The van der Waals surface area contributed by atoms with Gasteiger partial charge in [-0.2, -0.15) is 0 Å². The summed E-state index contributed by atoms with van der Waals surface area (Å²) < 4.78 is 24.4. The van der Waals surface area contributed by atoms with E-state index >= 15 is 0 Å². The van der Waals surface area contributed by atoms with E-state index in [0.29, 0.717) is 17.8 Å². The molecule has 0 aliphatic heterocycles. The Kier molecular flexibility index (Phi) is 5.11. The summed E-state index contributed by atoms with van der Waals surface area (Å²) in [7, 11) is -3.17. The van der Waals surface area contributed by atoms with E-state index in [1.165, 1.54) is 11.3 Å². The molecule has 0 radical (unpaired) electrons. The first kappa shape index (κ1) is 15.7. The van der Waals surface area contributed by atoms with Gasteiger partial charge in [0.25, 0.3) is 5.91 Å². The van der Waals surface area contributed by atoms with Crippen LogP contribution in [0, 0.1) is 0 Å². The van der Waals surface area contributed by atoms with E-state index in [0.717, 1.165) is 16.8 Å². The second kappa shape index (κ2) is 6.84. The molecule has 1 amide bonds. The summed E-state index contributed by atoms with van der Waals surface area (Å²) in [5.74, 6) is -0.159. The molecule has 0 spiro atoms. The van der Waals surface area contributed by atoms with E-state index in [1.54, 1.807) is 6.07 Å². The van der Waals surface area contributed by atoms with Gasteiger partial charge in [0.2, 0.25) is 10.0 Å². The Labute approximate surface area is 128 Å². The van der Waals surface area contributed by atoms with Crippen LogP contribution in [-0.4, -0.2) is 27.1 Å². The molecular weight excluding hydrogens is 308 g/mol. The second-order valence-electron chi connectivity index (χ2n) is 4.50. The lowest BCUT2D eigenvalue weighted by Crippen LogP contribution is -2.24. The molecule has 0 saturated carbocycles. The zero-order valence-electron chi connectivity index (χ0n) is 11.5. The van der Waals surface area contributed by atoms with Gasteiger partial charge >= 0.3 is 0 Å². The molecule has 7 heteroatoms. The minimum atomic E-state index is -3.17. The lowest BCUT2D eigenvalue weighted by molar-refractivity contribution is 0.103. The number of carbonyl (C=O) groups is 1. The summed E-state index contributed by atoms with van der Waals surface area (Å²) in [4.78, 5) is 13.6. The van der Waals surface area contributed by atoms with Crippen molar-refractivity contribution >= 4 is 33.0 Å². The first-order valence-corrected chi connectivity index (χ1v) is 9.04. The fraction of sp³-hybridized carbons (Fsp3) is 0.214. The molecule has 2 rings (SSSR count). The number of rotatable bonds is 6. The Balaban J connectivity index is 1.92. The first-order valence-electron chi connectivity index (χ1n) is 6.34. The lowest BCUT2D eigenvalue weighted by Gasteiger charge is -2.02. The Morgan fingerprint density at radius 2 is 1.86 bits per heavy atom. The van der Waals surface area contributed by atoms with Gasteiger partial charge in [-0.05, 0) is 30.7 Å².